The van der Waals surface area contributed by atoms with Gasteiger partial charge in [-0.1, -0.05) is 41.4 Å². The Kier molecular flexibility index (Phi) is 10.0. The van der Waals surface area contributed by atoms with Crippen LogP contribution in [0, 0.1) is 0 Å². The van der Waals surface area contributed by atoms with Gasteiger partial charge in [-0.25, -0.2) is 9.78 Å². The zero-order valence-corrected chi connectivity index (χ0v) is 22.3. The molecule has 1 atom stereocenters. The van der Waals surface area contributed by atoms with Gasteiger partial charge in [0.05, 0.1) is 21.8 Å². The van der Waals surface area contributed by atoms with Crippen molar-refractivity contribution in [2.45, 2.75) is 26.4 Å². The highest BCUT2D eigenvalue weighted by Gasteiger charge is 2.16. The number of amides is 1. The summed E-state index contributed by atoms with van der Waals surface area (Å²) in [4.78, 5) is 28.5. The van der Waals surface area contributed by atoms with Crippen LogP contribution in [0.25, 0.3) is 17.3 Å². The van der Waals surface area contributed by atoms with Crippen molar-refractivity contribution in [1.29, 1.82) is 0 Å². The molecule has 2 aromatic carbocycles. The van der Waals surface area contributed by atoms with Crippen LogP contribution in [-0.4, -0.2) is 42.3 Å². The number of ether oxygens (including phenoxy) is 2. The summed E-state index contributed by atoms with van der Waals surface area (Å²) < 4.78 is 11.1. The Labute approximate surface area is 223 Å². The second kappa shape index (κ2) is 13.0. The summed E-state index contributed by atoms with van der Waals surface area (Å²) in [6, 6.07) is 10.8. The number of carboxylic acid groups (broad SMARTS) is 1. The lowest BCUT2D eigenvalue weighted by Crippen LogP contribution is -2.12. The number of thiazole rings is 1. The van der Waals surface area contributed by atoms with E-state index in [0.717, 1.165) is 23.2 Å². The predicted molar refractivity (Wildman–Crippen MR) is 144 cm³/mol. The van der Waals surface area contributed by atoms with Crippen molar-refractivity contribution in [3.05, 3.63) is 74.1 Å². The lowest BCUT2D eigenvalue weighted by Gasteiger charge is -2.16. The summed E-state index contributed by atoms with van der Waals surface area (Å²) >= 11 is 13.8. The number of hydrogen-bond acceptors (Lipinski definition) is 6. The quantitative estimate of drug-likeness (QED) is 0.198. The van der Waals surface area contributed by atoms with Crippen LogP contribution in [0.5, 0.6) is 0 Å². The Balaban J connectivity index is 1.75. The van der Waals surface area contributed by atoms with E-state index in [0.29, 0.717) is 23.9 Å². The lowest BCUT2D eigenvalue weighted by molar-refractivity contribution is -0.132. The molecule has 190 valence electrons. The predicted octanol–water partition coefficient (Wildman–Crippen LogP) is 6.97. The lowest BCUT2D eigenvalue weighted by atomic mass is 10.0. The van der Waals surface area contributed by atoms with Gasteiger partial charge in [-0.2, -0.15) is 0 Å². The van der Waals surface area contributed by atoms with Gasteiger partial charge < -0.3 is 14.6 Å². The van der Waals surface area contributed by atoms with Gasteiger partial charge in [0.15, 0.2) is 5.13 Å². The number of benzene rings is 2. The minimum absolute atomic E-state index is 0.0708. The molecule has 2 N–H and O–H groups in total. The van der Waals surface area contributed by atoms with Crippen LogP contribution in [0.1, 0.15) is 47.9 Å². The van der Waals surface area contributed by atoms with Gasteiger partial charge in [0.2, 0.25) is 0 Å². The minimum atomic E-state index is -1.09. The van der Waals surface area contributed by atoms with E-state index in [1.807, 2.05) is 36.6 Å². The largest absolute Gasteiger partial charge is 0.478 e. The van der Waals surface area contributed by atoms with Crippen molar-refractivity contribution in [3.8, 4) is 11.3 Å². The van der Waals surface area contributed by atoms with E-state index in [1.165, 1.54) is 36.5 Å². The van der Waals surface area contributed by atoms with Crippen molar-refractivity contribution < 1.29 is 24.2 Å². The summed E-state index contributed by atoms with van der Waals surface area (Å²) in [5.74, 6) is -1.52. The molecule has 0 saturated carbocycles. The van der Waals surface area contributed by atoms with Crippen LogP contribution in [-0.2, 0) is 14.3 Å². The standard InChI is InChI=1S/C26H26Cl2N2O5S/c1-4-35-9-8-23(34-3)17-7-5-6-16(11-17)22-14-36-26(29-22)30-24(31)18-12-20(27)19(21(28)13-18)10-15(2)25(32)33/h5-7,10-14,23H,4,8-9H2,1-3H3,(H,32,33)(H,29,30,31). The molecule has 7 nitrogen and oxygen atoms in total. The van der Waals surface area contributed by atoms with Crippen LogP contribution in [0.4, 0.5) is 5.13 Å². The molecule has 10 heteroatoms. The van der Waals surface area contributed by atoms with Crippen molar-refractivity contribution in [2.75, 3.05) is 25.6 Å². The molecule has 0 fully saturated rings. The van der Waals surface area contributed by atoms with Crippen molar-refractivity contribution >= 4 is 57.6 Å². The first-order valence-electron chi connectivity index (χ1n) is 11.1. The molecular formula is C26H26Cl2N2O5S. The first kappa shape index (κ1) is 27.8. The third-order valence-corrected chi connectivity index (χ3v) is 6.71. The molecular weight excluding hydrogens is 523 g/mol. The molecule has 0 bridgehead atoms. The zero-order valence-electron chi connectivity index (χ0n) is 20.0. The number of carboxylic acids is 1. The first-order valence-corrected chi connectivity index (χ1v) is 12.7. The van der Waals surface area contributed by atoms with Crippen LogP contribution >= 0.6 is 34.5 Å². The van der Waals surface area contributed by atoms with Gasteiger partial charge >= 0.3 is 5.97 Å². The van der Waals surface area contributed by atoms with Crippen LogP contribution < -0.4 is 5.32 Å². The molecule has 3 rings (SSSR count). The number of methoxy groups -OCH3 is 1. The molecule has 1 aromatic heterocycles. The molecule has 0 spiro atoms. The number of hydrogen-bond donors (Lipinski definition) is 2. The summed E-state index contributed by atoms with van der Waals surface area (Å²) in [5, 5.41) is 14.5. The molecule has 1 heterocycles. The van der Waals surface area contributed by atoms with Gasteiger partial charge in [0.1, 0.15) is 0 Å². The summed E-state index contributed by atoms with van der Waals surface area (Å²) in [6.07, 6.45) is 2.00. The number of aliphatic carboxylic acids is 1. The fourth-order valence-electron chi connectivity index (χ4n) is 3.42. The maximum absolute atomic E-state index is 12.8. The van der Waals surface area contributed by atoms with Gasteiger partial charge in [-0.3, -0.25) is 10.1 Å². The van der Waals surface area contributed by atoms with Crippen LogP contribution in [0.2, 0.25) is 10.0 Å². The second-order valence-electron chi connectivity index (χ2n) is 7.81. The fraction of sp³-hybridized carbons (Fsp3) is 0.269. The normalized spacial score (nSPS) is 12.4. The highest BCUT2D eigenvalue weighted by atomic mass is 35.5. The topological polar surface area (TPSA) is 97.8 Å². The molecule has 0 radical (unpaired) electrons. The Morgan fingerprint density at radius 1 is 1.22 bits per heavy atom. The molecule has 0 aliphatic heterocycles. The van der Waals surface area contributed by atoms with E-state index in [1.54, 1.807) is 7.11 Å². The fourth-order valence-corrected chi connectivity index (χ4v) is 4.73. The zero-order chi connectivity index (χ0) is 26.2. The average Bonchev–Trinajstić information content (AvgIpc) is 3.32. The van der Waals surface area contributed by atoms with Crippen LogP contribution in [0.3, 0.4) is 0 Å². The van der Waals surface area contributed by atoms with Gasteiger partial charge in [0, 0.05) is 54.4 Å². The first-order chi connectivity index (χ1) is 17.2. The maximum Gasteiger partial charge on any atom is 0.331 e. The van der Waals surface area contributed by atoms with Crippen molar-refractivity contribution in [1.82, 2.24) is 4.98 Å². The van der Waals surface area contributed by atoms with Crippen LogP contribution in [0.15, 0.2) is 47.4 Å². The molecule has 1 amide bonds. The Morgan fingerprint density at radius 2 is 1.94 bits per heavy atom. The maximum atomic E-state index is 12.8. The monoisotopic (exact) mass is 548 g/mol. The SMILES string of the molecule is CCOCCC(OC)c1cccc(-c2csc(NC(=O)c3cc(Cl)c(C=C(C)C(=O)O)c(Cl)c3)n2)c1. The van der Waals surface area contributed by atoms with E-state index < -0.39 is 11.9 Å². The van der Waals surface area contributed by atoms with Gasteiger partial charge in [-0.15, -0.1) is 11.3 Å². The Morgan fingerprint density at radius 3 is 2.58 bits per heavy atom. The van der Waals surface area contributed by atoms with E-state index in [4.69, 9.17) is 37.8 Å². The number of rotatable bonds is 11. The van der Waals surface area contributed by atoms with Crippen molar-refractivity contribution in [3.63, 3.8) is 0 Å². The molecule has 0 aliphatic carbocycles. The Hall–Kier alpha value is -2.75. The third-order valence-electron chi connectivity index (χ3n) is 5.33. The highest BCUT2D eigenvalue weighted by molar-refractivity contribution is 7.14. The molecule has 36 heavy (non-hydrogen) atoms. The third kappa shape index (κ3) is 7.15. The minimum Gasteiger partial charge on any atom is -0.478 e. The van der Waals surface area contributed by atoms with Gasteiger partial charge in [0.25, 0.3) is 5.91 Å². The molecule has 3 aromatic rings. The number of nitrogens with zero attached hydrogens (tertiary/aromatic N) is 1. The van der Waals surface area contributed by atoms with Crippen molar-refractivity contribution in [2.24, 2.45) is 0 Å². The number of carbonyl (C=O) groups excluding carboxylic acids is 1. The smallest absolute Gasteiger partial charge is 0.331 e. The average molecular weight is 549 g/mol. The summed E-state index contributed by atoms with van der Waals surface area (Å²) in [5.41, 5.74) is 3.27. The molecule has 1 unspecified atom stereocenters. The second-order valence-corrected chi connectivity index (χ2v) is 9.49. The highest BCUT2D eigenvalue weighted by Crippen LogP contribution is 2.31. The van der Waals surface area contributed by atoms with E-state index in [9.17, 15) is 9.59 Å². The number of aromatic nitrogens is 1. The van der Waals surface area contributed by atoms with E-state index in [2.05, 4.69) is 10.3 Å². The summed E-state index contributed by atoms with van der Waals surface area (Å²) in [6.45, 7) is 4.66. The number of anilines is 1. The Bertz CT molecular complexity index is 1250. The molecule has 0 saturated heterocycles. The molecule has 0 aliphatic rings. The summed E-state index contributed by atoms with van der Waals surface area (Å²) in [7, 11) is 1.68. The number of carbonyl (C=O) groups is 2. The van der Waals surface area contributed by atoms with Gasteiger partial charge in [-0.05, 0) is 43.7 Å². The number of halogens is 2. The number of nitrogens with one attached hydrogen (secondary N) is 1. The van der Waals surface area contributed by atoms with E-state index >= 15 is 0 Å². The van der Waals surface area contributed by atoms with E-state index in [-0.39, 0.29) is 27.3 Å².